The van der Waals surface area contributed by atoms with Crippen molar-refractivity contribution in [2.45, 2.75) is 6.04 Å². The normalized spacial score (nSPS) is 12.0. The number of methoxy groups -OCH3 is 1. The fraction of sp³-hybridized carbons (Fsp3) is 0.235. The van der Waals surface area contributed by atoms with Crippen LogP contribution < -0.4 is 10.1 Å². The number of rotatable bonds is 5. The van der Waals surface area contributed by atoms with Gasteiger partial charge in [-0.05, 0) is 17.7 Å². The van der Waals surface area contributed by atoms with Crippen molar-refractivity contribution in [2.24, 2.45) is 14.1 Å². The molecule has 2 heterocycles. The summed E-state index contributed by atoms with van der Waals surface area (Å²) in [6.45, 7) is 0. The van der Waals surface area contributed by atoms with Crippen molar-refractivity contribution < 1.29 is 9.53 Å². The predicted octanol–water partition coefficient (Wildman–Crippen LogP) is 1.68. The Labute approximate surface area is 139 Å². The lowest BCUT2D eigenvalue weighted by atomic mass is 10.1. The van der Waals surface area contributed by atoms with E-state index in [0.29, 0.717) is 5.56 Å². The zero-order valence-corrected chi connectivity index (χ0v) is 13.8. The molecular formula is C17H19N5O2. The van der Waals surface area contributed by atoms with Crippen LogP contribution in [0.2, 0.25) is 0 Å². The van der Waals surface area contributed by atoms with Crippen molar-refractivity contribution in [2.75, 3.05) is 7.11 Å². The monoisotopic (exact) mass is 325 g/mol. The van der Waals surface area contributed by atoms with Crippen LogP contribution in [-0.4, -0.2) is 32.3 Å². The molecule has 124 valence electrons. The van der Waals surface area contributed by atoms with Gasteiger partial charge in [-0.25, -0.2) is 4.98 Å². The minimum atomic E-state index is -0.396. The molecule has 3 aromatic rings. The maximum Gasteiger partial charge on any atom is 0.255 e. The van der Waals surface area contributed by atoms with Gasteiger partial charge in [-0.1, -0.05) is 12.1 Å². The molecule has 0 radical (unpaired) electrons. The molecule has 7 nitrogen and oxygen atoms in total. The number of hydrogen-bond donors (Lipinski definition) is 1. The number of hydrogen-bond acceptors (Lipinski definition) is 4. The SMILES string of the molecule is COc1cccc([C@@H](NC(=O)c2cnn(C)c2)c2nccn2C)c1. The van der Waals surface area contributed by atoms with Crippen LogP contribution >= 0.6 is 0 Å². The van der Waals surface area contributed by atoms with E-state index >= 15 is 0 Å². The highest BCUT2D eigenvalue weighted by Gasteiger charge is 2.22. The average Bonchev–Trinajstić information content (AvgIpc) is 3.21. The lowest BCUT2D eigenvalue weighted by molar-refractivity contribution is 0.0941. The van der Waals surface area contributed by atoms with Gasteiger partial charge in [-0.2, -0.15) is 5.10 Å². The maximum atomic E-state index is 12.6. The number of nitrogens with one attached hydrogen (secondary N) is 1. The first-order chi connectivity index (χ1) is 11.6. The minimum Gasteiger partial charge on any atom is -0.497 e. The molecule has 0 spiro atoms. The molecule has 0 aliphatic rings. The predicted molar refractivity (Wildman–Crippen MR) is 88.7 cm³/mol. The minimum absolute atomic E-state index is 0.209. The van der Waals surface area contributed by atoms with Crippen LogP contribution in [0.25, 0.3) is 0 Å². The number of amides is 1. The maximum absolute atomic E-state index is 12.6. The van der Waals surface area contributed by atoms with Gasteiger partial charge in [0.15, 0.2) is 0 Å². The van der Waals surface area contributed by atoms with Gasteiger partial charge in [0.1, 0.15) is 17.6 Å². The Morgan fingerprint density at radius 3 is 2.79 bits per heavy atom. The van der Waals surface area contributed by atoms with Crippen molar-refractivity contribution in [3.63, 3.8) is 0 Å². The Balaban J connectivity index is 1.96. The summed E-state index contributed by atoms with van der Waals surface area (Å²) in [6.07, 6.45) is 6.77. The van der Waals surface area contributed by atoms with Gasteiger partial charge in [0.25, 0.3) is 5.91 Å². The zero-order valence-electron chi connectivity index (χ0n) is 13.8. The molecule has 0 saturated carbocycles. The van der Waals surface area contributed by atoms with E-state index < -0.39 is 6.04 Å². The van der Waals surface area contributed by atoms with E-state index in [1.165, 1.54) is 6.20 Å². The first-order valence-electron chi connectivity index (χ1n) is 7.49. The van der Waals surface area contributed by atoms with Crippen molar-refractivity contribution in [3.8, 4) is 5.75 Å². The highest BCUT2D eigenvalue weighted by Crippen LogP contribution is 2.24. The summed E-state index contributed by atoms with van der Waals surface area (Å²) in [5.41, 5.74) is 1.39. The number of aromatic nitrogens is 4. The highest BCUT2D eigenvalue weighted by molar-refractivity contribution is 5.94. The molecule has 3 rings (SSSR count). The largest absolute Gasteiger partial charge is 0.497 e. The van der Waals surface area contributed by atoms with Crippen LogP contribution in [-0.2, 0) is 14.1 Å². The van der Waals surface area contributed by atoms with E-state index in [0.717, 1.165) is 17.1 Å². The Hall–Kier alpha value is -3.09. The molecule has 2 aromatic heterocycles. The Bertz CT molecular complexity index is 852. The molecule has 0 aliphatic heterocycles. The van der Waals surface area contributed by atoms with Gasteiger partial charge in [0.2, 0.25) is 0 Å². The van der Waals surface area contributed by atoms with E-state index in [1.807, 2.05) is 42.1 Å². The molecule has 0 aliphatic carbocycles. The lowest BCUT2D eigenvalue weighted by Gasteiger charge is -2.19. The third-order valence-corrected chi connectivity index (χ3v) is 3.79. The van der Waals surface area contributed by atoms with Gasteiger partial charge in [-0.15, -0.1) is 0 Å². The topological polar surface area (TPSA) is 74.0 Å². The average molecular weight is 325 g/mol. The number of ether oxygens (including phenoxy) is 1. The molecule has 1 aromatic carbocycles. The lowest BCUT2D eigenvalue weighted by Crippen LogP contribution is -2.31. The summed E-state index contributed by atoms with van der Waals surface area (Å²) in [4.78, 5) is 17.0. The van der Waals surface area contributed by atoms with Gasteiger partial charge < -0.3 is 14.6 Å². The second-order valence-corrected chi connectivity index (χ2v) is 5.48. The Morgan fingerprint density at radius 1 is 1.33 bits per heavy atom. The number of benzene rings is 1. The van der Waals surface area contributed by atoms with Crippen LogP contribution in [0.1, 0.15) is 27.8 Å². The Kier molecular flexibility index (Phi) is 4.33. The van der Waals surface area contributed by atoms with Crippen molar-refractivity contribution in [1.82, 2.24) is 24.6 Å². The third-order valence-electron chi connectivity index (χ3n) is 3.79. The molecule has 24 heavy (non-hydrogen) atoms. The molecule has 0 saturated heterocycles. The first-order valence-corrected chi connectivity index (χ1v) is 7.49. The number of imidazole rings is 1. The molecule has 1 N–H and O–H groups in total. The smallest absolute Gasteiger partial charge is 0.255 e. The summed E-state index contributed by atoms with van der Waals surface area (Å²) in [6, 6.07) is 7.18. The fourth-order valence-corrected chi connectivity index (χ4v) is 2.53. The zero-order chi connectivity index (χ0) is 17.1. The standard InChI is InChI=1S/C17H19N5O2/c1-21-8-7-18-16(21)15(12-5-4-6-14(9-12)24-3)20-17(23)13-10-19-22(2)11-13/h4-11,15H,1-3H3,(H,20,23)/t15-/m1/s1. The number of carbonyl (C=O) groups is 1. The fourth-order valence-electron chi connectivity index (χ4n) is 2.53. The number of nitrogens with zero attached hydrogens (tertiary/aromatic N) is 4. The van der Waals surface area contributed by atoms with Crippen LogP contribution in [0.3, 0.4) is 0 Å². The highest BCUT2D eigenvalue weighted by atomic mass is 16.5. The van der Waals surface area contributed by atoms with Gasteiger partial charge in [0.05, 0.1) is 18.9 Å². The summed E-state index contributed by atoms with van der Waals surface area (Å²) in [5, 5.41) is 7.07. The first kappa shape index (κ1) is 15.8. The van der Waals surface area contributed by atoms with Crippen LogP contribution in [0.15, 0.2) is 49.1 Å². The number of carbonyl (C=O) groups excluding carboxylic acids is 1. The van der Waals surface area contributed by atoms with E-state index in [9.17, 15) is 4.79 Å². The van der Waals surface area contributed by atoms with Crippen LogP contribution in [0.4, 0.5) is 0 Å². The van der Waals surface area contributed by atoms with Crippen LogP contribution in [0.5, 0.6) is 5.75 Å². The van der Waals surface area contributed by atoms with Gasteiger partial charge in [-0.3, -0.25) is 9.48 Å². The molecule has 1 amide bonds. The molecular weight excluding hydrogens is 306 g/mol. The van der Waals surface area contributed by atoms with Gasteiger partial charge in [0, 0.05) is 32.7 Å². The van der Waals surface area contributed by atoms with E-state index in [2.05, 4.69) is 15.4 Å². The molecule has 0 bridgehead atoms. The van der Waals surface area contributed by atoms with Gasteiger partial charge >= 0.3 is 0 Å². The molecule has 0 fully saturated rings. The van der Waals surface area contributed by atoms with E-state index in [1.54, 1.807) is 31.2 Å². The summed E-state index contributed by atoms with van der Waals surface area (Å²) >= 11 is 0. The van der Waals surface area contributed by atoms with E-state index in [-0.39, 0.29) is 5.91 Å². The molecule has 7 heteroatoms. The summed E-state index contributed by atoms with van der Waals surface area (Å²) < 4.78 is 8.77. The quantitative estimate of drug-likeness (QED) is 0.774. The molecule has 0 unspecified atom stereocenters. The summed E-state index contributed by atoms with van der Waals surface area (Å²) in [5.74, 6) is 1.25. The second-order valence-electron chi connectivity index (χ2n) is 5.48. The third kappa shape index (κ3) is 3.15. The second kappa shape index (κ2) is 6.57. The summed E-state index contributed by atoms with van der Waals surface area (Å²) in [7, 11) is 5.28. The van der Waals surface area contributed by atoms with Crippen molar-refractivity contribution in [3.05, 3.63) is 66.0 Å². The van der Waals surface area contributed by atoms with E-state index in [4.69, 9.17) is 4.74 Å². The van der Waals surface area contributed by atoms with Crippen LogP contribution in [0, 0.1) is 0 Å². The molecule has 1 atom stereocenters. The Morgan fingerprint density at radius 2 is 2.17 bits per heavy atom. The van der Waals surface area contributed by atoms with Crippen molar-refractivity contribution in [1.29, 1.82) is 0 Å². The van der Waals surface area contributed by atoms with Crippen molar-refractivity contribution >= 4 is 5.91 Å². The number of aryl methyl sites for hydroxylation is 2.